The number of carbonyl (C=O) groups excluding carboxylic acids is 1. The molecule has 2 aromatic rings. The minimum Gasteiger partial charge on any atom is -0.481 e. The third-order valence-electron chi connectivity index (χ3n) is 3.03. The molecule has 1 aromatic heterocycles. The molecule has 0 atom stereocenters. The van der Waals surface area contributed by atoms with Crippen LogP contribution in [0.25, 0.3) is 11.5 Å². The molecule has 0 bridgehead atoms. The fourth-order valence-corrected chi connectivity index (χ4v) is 1.56. The molecule has 0 radical (unpaired) electrons. The molecular formula is C15H16N2O4. The standard InChI is InChI=1S/C15H16N2O4/c1-15(2,14(19)20)9-16-12(18)11-8-21-13(17-11)10-6-4-3-5-7-10/h3-8H,9H2,1-2H3,(H,16,18)(H,19,20). The molecular weight excluding hydrogens is 272 g/mol. The highest BCUT2D eigenvalue weighted by Crippen LogP contribution is 2.18. The number of carbonyl (C=O) groups is 2. The van der Waals surface area contributed by atoms with E-state index in [1.54, 1.807) is 0 Å². The third kappa shape index (κ3) is 3.47. The molecule has 0 aliphatic heterocycles. The summed E-state index contributed by atoms with van der Waals surface area (Å²) in [6, 6.07) is 9.19. The zero-order valence-corrected chi connectivity index (χ0v) is 11.8. The number of nitrogens with zero attached hydrogens (tertiary/aromatic N) is 1. The molecule has 2 N–H and O–H groups in total. The van der Waals surface area contributed by atoms with Crippen molar-refractivity contribution in [2.24, 2.45) is 5.41 Å². The molecule has 21 heavy (non-hydrogen) atoms. The van der Waals surface area contributed by atoms with Gasteiger partial charge in [-0.3, -0.25) is 9.59 Å². The molecule has 0 unspecified atom stereocenters. The van der Waals surface area contributed by atoms with Gasteiger partial charge in [0.15, 0.2) is 5.69 Å². The van der Waals surface area contributed by atoms with Gasteiger partial charge in [0.05, 0.1) is 5.41 Å². The number of oxazole rings is 1. The van der Waals surface area contributed by atoms with Crippen molar-refractivity contribution in [1.29, 1.82) is 0 Å². The van der Waals surface area contributed by atoms with E-state index in [2.05, 4.69) is 10.3 Å². The van der Waals surface area contributed by atoms with Gasteiger partial charge in [0.1, 0.15) is 6.26 Å². The average molecular weight is 288 g/mol. The molecule has 6 nitrogen and oxygen atoms in total. The van der Waals surface area contributed by atoms with Gasteiger partial charge in [0.25, 0.3) is 5.91 Å². The minimum absolute atomic E-state index is 0.00863. The van der Waals surface area contributed by atoms with Gasteiger partial charge < -0.3 is 14.8 Å². The van der Waals surface area contributed by atoms with Gasteiger partial charge in [-0.05, 0) is 26.0 Å². The van der Waals surface area contributed by atoms with Crippen LogP contribution in [0.15, 0.2) is 41.0 Å². The van der Waals surface area contributed by atoms with Crippen molar-refractivity contribution >= 4 is 11.9 Å². The second-order valence-corrected chi connectivity index (χ2v) is 5.28. The summed E-state index contributed by atoms with van der Waals surface area (Å²) in [7, 11) is 0. The van der Waals surface area contributed by atoms with Crippen LogP contribution in [-0.4, -0.2) is 28.5 Å². The number of benzene rings is 1. The Morgan fingerprint density at radius 2 is 1.95 bits per heavy atom. The maximum atomic E-state index is 11.9. The SMILES string of the molecule is CC(C)(CNC(=O)c1coc(-c2ccccc2)n1)C(=O)O. The van der Waals surface area contributed by atoms with Gasteiger partial charge in [0.2, 0.25) is 5.89 Å². The summed E-state index contributed by atoms with van der Waals surface area (Å²) in [5, 5.41) is 11.5. The van der Waals surface area contributed by atoms with Crippen LogP contribution < -0.4 is 5.32 Å². The Morgan fingerprint density at radius 3 is 2.57 bits per heavy atom. The number of amides is 1. The first-order valence-corrected chi connectivity index (χ1v) is 6.43. The van der Waals surface area contributed by atoms with E-state index in [1.807, 2.05) is 30.3 Å². The van der Waals surface area contributed by atoms with E-state index in [4.69, 9.17) is 9.52 Å². The van der Waals surface area contributed by atoms with Crippen LogP contribution in [0.3, 0.4) is 0 Å². The van der Waals surface area contributed by atoms with Crippen LogP contribution in [-0.2, 0) is 4.79 Å². The quantitative estimate of drug-likeness (QED) is 0.879. The first-order valence-electron chi connectivity index (χ1n) is 6.43. The van der Waals surface area contributed by atoms with Crippen molar-refractivity contribution in [3.05, 3.63) is 42.3 Å². The minimum atomic E-state index is -1.04. The van der Waals surface area contributed by atoms with Gasteiger partial charge in [-0.1, -0.05) is 18.2 Å². The largest absolute Gasteiger partial charge is 0.481 e. The lowest BCUT2D eigenvalue weighted by atomic mass is 9.94. The Bertz CT molecular complexity index is 647. The van der Waals surface area contributed by atoms with Gasteiger partial charge in [0, 0.05) is 12.1 Å². The number of hydrogen-bond acceptors (Lipinski definition) is 4. The number of hydrogen-bond donors (Lipinski definition) is 2. The molecule has 2 rings (SSSR count). The summed E-state index contributed by atoms with van der Waals surface area (Å²) in [4.78, 5) is 27.0. The Balaban J connectivity index is 2.05. The van der Waals surface area contributed by atoms with Gasteiger partial charge >= 0.3 is 5.97 Å². The maximum Gasteiger partial charge on any atom is 0.310 e. The van der Waals surface area contributed by atoms with E-state index in [1.165, 1.54) is 20.1 Å². The lowest BCUT2D eigenvalue weighted by Gasteiger charge is -2.18. The fraction of sp³-hybridized carbons (Fsp3) is 0.267. The van der Waals surface area contributed by atoms with E-state index in [0.29, 0.717) is 5.89 Å². The van der Waals surface area contributed by atoms with E-state index in [-0.39, 0.29) is 12.2 Å². The molecule has 1 aromatic carbocycles. The number of aliphatic carboxylic acids is 1. The molecule has 1 amide bonds. The Labute approximate surface area is 121 Å². The van der Waals surface area contributed by atoms with E-state index in [9.17, 15) is 9.59 Å². The van der Waals surface area contributed by atoms with Crippen LogP contribution in [0.1, 0.15) is 24.3 Å². The summed E-state index contributed by atoms with van der Waals surface area (Å²) in [5.74, 6) is -1.10. The van der Waals surface area contributed by atoms with Crippen molar-refractivity contribution in [3.8, 4) is 11.5 Å². The van der Waals surface area contributed by atoms with E-state index < -0.39 is 17.3 Å². The normalized spacial score (nSPS) is 11.1. The van der Waals surface area contributed by atoms with Gasteiger partial charge in [-0.25, -0.2) is 4.98 Å². The molecule has 0 saturated carbocycles. The zero-order chi connectivity index (χ0) is 15.5. The van der Waals surface area contributed by atoms with Crippen molar-refractivity contribution in [3.63, 3.8) is 0 Å². The number of nitrogens with one attached hydrogen (secondary N) is 1. The van der Waals surface area contributed by atoms with E-state index >= 15 is 0 Å². The van der Waals surface area contributed by atoms with Crippen LogP contribution in [0, 0.1) is 5.41 Å². The molecule has 1 heterocycles. The zero-order valence-electron chi connectivity index (χ0n) is 11.8. The summed E-state index contributed by atoms with van der Waals surface area (Å²) >= 11 is 0. The highest BCUT2D eigenvalue weighted by atomic mass is 16.4. The fourth-order valence-electron chi connectivity index (χ4n) is 1.56. The molecule has 0 aliphatic carbocycles. The molecule has 110 valence electrons. The number of aromatic nitrogens is 1. The summed E-state index contributed by atoms with van der Waals surface area (Å²) < 4.78 is 5.26. The Kier molecular flexibility index (Phi) is 4.07. The van der Waals surface area contributed by atoms with Crippen molar-refractivity contribution < 1.29 is 19.1 Å². The predicted octanol–water partition coefficient (Wildman–Crippen LogP) is 2.18. The number of rotatable bonds is 5. The van der Waals surface area contributed by atoms with Crippen LogP contribution in [0.2, 0.25) is 0 Å². The Morgan fingerprint density at radius 1 is 1.29 bits per heavy atom. The molecule has 6 heteroatoms. The smallest absolute Gasteiger partial charge is 0.310 e. The summed E-state index contributed by atoms with van der Waals surface area (Å²) in [6.07, 6.45) is 1.26. The van der Waals surface area contributed by atoms with Crippen LogP contribution in [0.4, 0.5) is 0 Å². The average Bonchev–Trinajstić information content (AvgIpc) is 2.95. The molecule has 0 fully saturated rings. The second kappa shape index (κ2) is 5.78. The highest BCUT2D eigenvalue weighted by Gasteiger charge is 2.28. The number of carboxylic acid groups (broad SMARTS) is 1. The second-order valence-electron chi connectivity index (χ2n) is 5.28. The maximum absolute atomic E-state index is 11.9. The lowest BCUT2D eigenvalue weighted by Crippen LogP contribution is -2.39. The van der Waals surface area contributed by atoms with Crippen molar-refractivity contribution in [1.82, 2.24) is 10.3 Å². The van der Waals surface area contributed by atoms with Gasteiger partial charge in [-0.15, -0.1) is 0 Å². The van der Waals surface area contributed by atoms with Crippen LogP contribution >= 0.6 is 0 Å². The summed E-state index contributed by atoms with van der Waals surface area (Å²) in [5.41, 5.74) is -0.153. The van der Waals surface area contributed by atoms with Crippen molar-refractivity contribution in [2.45, 2.75) is 13.8 Å². The lowest BCUT2D eigenvalue weighted by molar-refractivity contribution is -0.146. The monoisotopic (exact) mass is 288 g/mol. The molecule has 0 saturated heterocycles. The van der Waals surface area contributed by atoms with Crippen molar-refractivity contribution in [2.75, 3.05) is 6.54 Å². The van der Waals surface area contributed by atoms with Crippen LogP contribution in [0.5, 0.6) is 0 Å². The number of carboxylic acids is 1. The first kappa shape index (κ1) is 14.8. The topological polar surface area (TPSA) is 92.4 Å². The van der Waals surface area contributed by atoms with E-state index in [0.717, 1.165) is 5.56 Å². The Hall–Kier alpha value is -2.63. The highest BCUT2D eigenvalue weighted by molar-refractivity contribution is 5.92. The predicted molar refractivity (Wildman–Crippen MR) is 75.7 cm³/mol. The van der Waals surface area contributed by atoms with Gasteiger partial charge in [-0.2, -0.15) is 0 Å². The summed E-state index contributed by atoms with van der Waals surface area (Å²) in [6.45, 7) is 3.08. The third-order valence-corrected chi connectivity index (χ3v) is 3.03. The first-order chi connectivity index (χ1) is 9.90. The molecule has 0 spiro atoms. The molecule has 0 aliphatic rings.